The third-order valence-electron chi connectivity index (χ3n) is 2.76. The second kappa shape index (κ2) is 7.19. The van der Waals surface area contributed by atoms with Gasteiger partial charge in [0.05, 0.1) is 19.4 Å². The van der Waals surface area contributed by atoms with Crippen LogP contribution in [-0.4, -0.2) is 13.2 Å². The van der Waals surface area contributed by atoms with E-state index in [1.54, 1.807) is 11.3 Å². The van der Waals surface area contributed by atoms with Gasteiger partial charge in [-0.1, -0.05) is 24.3 Å². The Morgan fingerprint density at radius 2 is 1.85 bits per heavy atom. The first-order valence-corrected chi connectivity index (χ1v) is 9.28. The smallest absolute Gasteiger partial charge is 0.309 e. The van der Waals surface area contributed by atoms with Gasteiger partial charge in [0.15, 0.2) is 0 Å². The molecule has 0 spiro atoms. The summed E-state index contributed by atoms with van der Waals surface area (Å²) < 4.78 is 23.2. The molecule has 0 saturated carbocycles. The van der Waals surface area contributed by atoms with Crippen molar-refractivity contribution in [1.82, 2.24) is 0 Å². The molecule has 2 aromatic rings. The van der Waals surface area contributed by atoms with Gasteiger partial charge < -0.3 is 9.05 Å². The molecule has 0 saturated heterocycles. The molecular weight excluding hydrogens is 291 g/mol. The summed E-state index contributed by atoms with van der Waals surface area (Å²) in [5.74, 6) is 0. The van der Waals surface area contributed by atoms with Gasteiger partial charge in [-0.3, -0.25) is 4.57 Å². The van der Waals surface area contributed by atoms with Gasteiger partial charge in [-0.15, -0.1) is 11.3 Å². The fourth-order valence-corrected chi connectivity index (χ4v) is 4.42. The Balaban J connectivity index is 2.20. The summed E-state index contributed by atoms with van der Waals surface area (Å²) in [6.07, 6.45) is 0.313. The minimum Gasteiger partial charge on any atom is -0.309 e. The summed E-state index contributed by atoms with van der Waals surface area (Å²) in [5, 5.41) is 2.05. The molecule has 0 aliphatic heterocycles. The zero-order valence-corrected chi connectivity index (χ0v) is 13.5. The van der Waals surface area contributed by atoms with Gasteiger partial charge in [-0.25, -0.2) is 0 Å². The van der Waals surface area contributed by atoms with E-state index in [4.69, 9.17) is 9.05 Å². The van der Waals surface area contributed by atoms with E-state index in [2.05, 4.69) is 18.2 Å². The molecule has 1 aromatic heterocycles. The third kappa shape index (κ3) is 4.03. The Kier molecular flexibility index (Phi) is 5.55. The second-order valence-corrected chi connectivity index (χ2v) is 7.28. The number of hydrogen-bond acceptors (Lipinski definition) is 4. The van der Waals surface area contributed by atoms with Gasteiger partial charge >= 0.3 is 7.60 Å². The van der Waals surface area contributed by atoms with E-state index in [9.17, 15) is 4.57 Å². The SMILES string of the molecule is CCOP(=O)(Cc1cccc(-c2cccs2)c1)OCC. The lowest BCUT2D eigenvalue weighted by Gasteiger charge is -2.17. The minimum absolute atomic E-state index is 0.313. The zero-order valence-electron chi connectivity index (χ0n) is 11.7. The largest absolute Gasteiger partial charge is 0.335 e. The van der Waals surface area contributed by atoms with Crippen LogP contribution >= 0.6 is 18.9 Å². The van der Waals surface area contributed by atoms with Gasteiger partial charge in [0, 0.05) is 4.88 Å². The quantitative estimate of drug-likeness (QED) is 0.661. The van der Waals surface area contributed by atoms with Crippen molar-refractivity contribution in [2.24, 2.45) is 0 Å². The Bertz CT molecular complexity index is 571. The maximum absolute atomic E-state index is 12.5. The van der Waals surface area contributed by atoms with Crippen molar-refractivity contribution in [3.05, 3.63) is 47.3 Å². The predicted octanol–water partition coefficient (Wildman–Crippen LogP) is 5.18. The van der Waals surface area contributed by atoms with Crippen molar-refractivity contribution in [2.45, 2.75) is 20.0 Å². The molecule has 0 fully saturated rings. The molecule has 0 aliphatic carbocycles. The van der Waals surface area contributed by atoms with Crippen molar-refractivity contribution < 1.29 is 13.6 Å². The molecule has 3 nitrogen and oxygen atoms in total. The third-order valence-corrected chi connectivity index (χ3v) is 5.74. The van der Waals surface area contributed by atoms with E-state index < -0.39 is 7.60 Å². The van der Waals surface area contributed by atoms with Crippen LogP contribution in [0.5, 0.6) is 0 Å². The average Bonchev–Trinajstić information content (AvgIpc) is 2.93. The van der Waals surface area contributed by atoms with E-state index in [1.165, 1.54) is 4.88 Å². The number of rotatable bonds is 7. The average molecular weight is 310 g/mol. The molecule has 0 bridgehead atoms. The van der Waals surface area contributed by atoms with Gasteiger partial charge in [0.1, 0.15) is 0 Å². The Morgan fingerprint density at radius 1 is 1.10 bits per heavy atom. The first-order chi connectivity index (χ1) is 9.67. The van der Waals surface area contributed by atoms with Crippen molar-refractivity contribution in [1.29, 1.82) is 0 Å². The molecule has 20 heavy (non-hydrogen) atoms. The van der Waals surface area contributed by atoms with Gasteiger partial charge in [-0.2, -0.15) is 0 Å². The summed E-state index contributed by atoms with van der Waals surface area (Å²) >= 11 is 1.69. The fourth-order valence-electron chi connectivity index (χ4n) is 2.01. The summed E-state index contributed by atoms with van der Waals surface area (Å²) in [5.41, 5.74) is 2.11. The molecule has 1 aromatic carbocycles. The second-order valence-electron chi connectivity index (χ2n) is 4.28. The van der Waals surface area contributed by atoms with E-state index in [0.29, 0.717) is 19.4 Å². The molecule has 108 valence electrons. The standard InChI is InChI=1S/C15H19O3PS/c1-3-17-19(16,18-4-2)12-13-7-5-8-14(11-13)15-9-6-10-20-15/h5-11H,3-4,12H2,1-2H3. The first kappa shape index (κ1) is 15.5. The van der Waals surface area contributed by atoms with Crippen LogP contribution < -0.4 is 0 Å². The predicted molar refractivity (Wildman–Crippen MR) is 84.3 cm³/mol. The molecule has 5 heteroatoms. The fraction of sp³-hybridized carbons (Fsp3) is 0.333. The molecular formula is C15H19O3PS. The highest BCUT2D eigenvalue weighted by Crippen LogP contribution is 2.51. The minimum atomic E-state index is -3.03. The molecule has 0 unspecified atom stereocenters. The zero-order chi connectivity index (χ0) is 14.4. The molecule has 0 atom stereocenters. The highest BCUT2D eigenvalue weighted by atomic mass is 32.1. The van der Waals surface area contributed by atoms with Crippen molar-refractivity contribution in [3.8, 4) is 10.4 Å². The molecule has 0 radical (unpaired) electrons. The summed E-state index contributed by atoms with van der Waals surface area (Å²) in [4.78, 5) is 1.20. The highest BCUT2D eigenvalue weighted by Gasteiger charge is 2.24. The Labute approximate surface area is 124 Å². The van der Waals surface area contributed by atoms with Gasteiger partial charge in [0.25, 0.3) is 0 Å². The van der Waals surface area contributed by atoms with Crippen LogP contribution in [0.4, 0.5) is 0 Å². The summed E-state index contributed by atoms with van der Waals surface area (Å²) in [6.45, 7) is 4.44. The topological polar surface area (TPSA) is 35.5 Å². The maximum atomic E-state index is 12.5. The Morgan fingerprint density at radius 3 is 2.45 bits per heavy atom. The van der Waals surface area contributed by atoms with Crippen LogP contribution in [0.25, 0.3) is 10.4 Å². The van der Waals surface area contributed by atoms with Crippen molar-refractivity contribution in [2.75, 3.05) is 13.2 Å². The van der Waals surface area contributed by atoms with Gasteiger partial charge in [0.2, 0.25) is 0 Å². The van der Waals surface area contributed by atoms with E-state index in [0.717, 1.165) is 11.1 Å². The highest BCUT2D eigenvalue weighted by molar-refractivity contribution is 7.53. The van der Waals surface area contributed by atoms with E-state index in [-0.39, 0.29) is 0 Å². The lowest BCUT2D eigenvalue weighted by atomic mass is 10.1. The molecule has 0 aliphatic rings. The molecule has 1 heterocycles. The lowest BCUT2D eigenvalue weighted by molar-refractivity contribution is 0.219. The maximum Gasteiger partial charge on any atom is 0.335 e. The van der Waals surface area contributed by atoms with Crippen LogP contribution in [-0.2, 0) is 19.8 Å². The monoisotopic (exact) mass is 310 g/mol. The van der Waals surface area contributed by atoms with E-state index >= 15 is 0 Å². The number of thiophene rings is 1. The molecule has 2 rings (SSSR count). The normalized spacial score (nSPS) is 11.7. The molecule has 0 amide bonds. The number of benzene rings is 1. The lowest BCUT2D eigenvalue weighted by Crippen LogP contribution is -1.99. The van der Waals surface area contributed by atoms with Crippen LogP contribution in [0.2, 0.25) is 0 Å². The van der Waals surface area contributed by atoms with E-state index in [1.807, 2.05) is 37.4 Å². The number of hydrogen-bond donors (Lipinski definition) is 0. The van der Waals surface area contributed by atoms with Gasteiger partial charge in [-0.05, 0) is 42.5 Å². The summed E-state index contributed by atoms with van der Waals surface area (Å²) in [6, 6.07) is 12.2. The van der Waals surface area contributed by atoms with Crippen LogP contribution in [0, 0.1) is 0 Å². The van der Waals surface area contributed by atoms with Crippen LogP contribution in [0.1, 0.15) is 19.4 Å². The van der Waals surface area contributed by atoms with Crippen molar-refractivity contribution >= 4 is 18.9 Å². The molecule has 0 N–H and O–H groups in total. The van der Waals surface area contributed by atoms with Crippen molar-refractivity contribution in [3.63, 3.8) is 0 Å². The van der Waals surface area contributed by atoms with Crippen LogP contribution in [0.15, 0.2) is 41.8 Å². The Hall–Kier alpha value is -0.930. The summed E-state index contributed by atoms with van der Waals surface area (Å²) in [7, 11) is -3.03. The first-order valence-electron chi connectivity index (χ1n) is 6.68. The van der Waals surface area contributed by atoms with Crippen LogP contribution in [0.3, 0.4) is 0 Å².